The Labute approximate surface area is 208 Å². The van der Waals surface area contributed by atoms with Crippen molar-refractivity contribution in [3.63, 3.8) is 0 Å². The number of aryl methyl sites for hydroxylation is 1. The normalized spacial score (nSPS) is 15.6. The van der Waals surface area contributed by atoms with Crippen molar-refractivity contribution in [2.45, 2.75) is 27.4 Å². The zero-order valence-corrected chi connectivity index (χ0v) is 20.8. The van der Waals surface area contributed by atoms with Crippen LogP contribution in [0.2, 0.25) is 5.02 Å². The van der Waals surface area contributed by atoms with Crippen molar-refractivity contribution in [1.29, 1.82) is 0 Å². The molecule has 174 valence electrons. The molecule has 3 aromatic carbocycles. The van der Waals surface area contributed by atoms with Crippen molar-refractivity contribution in [2.75, 3.05) is 6.61 Å². The molecule has 0 aliphatic carbocycles. The molecule has 1 heterocycles. The number of aliphatic imine (C=N–C) groups is 1. The number of nitrogens with zero attached hydrogens (tertiary/aromatic N) is 1. The Morgan fingerprint density at radius 2 is 1.85 bits per heavy atom. The fourth-order valence-electron chi connectivity index (χ4n) is 3.42. The molecule has 0 saturated carbocycles. The minimum Gasteiger partial charge on any atom is -0.490 e. The van der Waals surface area contributed by atoms with Gasteiger partial charge in [0.15, 0.2) is 16.7 Å². The number of carbonyl (C=O) groups is 1. The number of rotatable bonds is 7. The van der Waals surface area contributed by atoms with E-state index in [1.807, 2.05) is 68.5 Å². The molecular weight excluding hydrogens is 468 g/mol. The largest absolute Gasteiger partial charge is 0.490 e. The number of amidine groups is 1. The van der Waals surface area contributed by atoms with Gasteiger partial charge >= 0.3 is 0 Å². The van der Waals surface area contributed by atoms with Crippen LogP contribution < -0.4 is 14.8 Å². The van der Waals surface area contributed by atoms with Gasteiger partial charge < -0.3 is 14.8 Å². The molecule has 0 bridgehead atoms. The lowest BCUT2D eigenvalue weighted by molar-refractivity contribution is -0.115. The van der Waals surface area contributed by atoms with E-state index in [-0.39, 0.29) is 5.91 Å². The van der Waals surface area contributed by atoms with Crippen LogP contribution in [0.25, 0.3) is 6.08 Å². The third kappa shape index (κ3) is 5.82. The van der Waals surface area contributed by atoms with E-state index in [9.17, 15) is 4.79 Å². The van der Waals surface area contributed by atoms with Crippen LogP contribution in [0.3, 0.4) is 0 Å². The molecule has 1 N–H and O–H groups in total. The Bertz CT molecular complexity index is 1290. The summed E-state index contributed by atoms with van der Waals surface area (Å²) >= 11 is 7.47. The predicted octanol–water partition coefficient (Wildman–Crippen LogP) is 6.83. The maximum absolute atomic E-state index is 12.5. The first-order valence-corrected chi connectivity index (χ1v) is 12.1. The fraction of sp³-hybridized carbons (Fsp3) is 0.185. The number of halogens is 1. The lowest BCUT2D eigenvalue weighted by Gasteiger charge is -2.13. The van der Waals surface area contributed by atoms with Crippen molar-refractivity contribution < 1.29 is 14.3 Å². The summed E-state index contributed by atoms with van der Waals surface area (Å²) in [6.07, 6.45) is 1.82. The molecule has 0 spiro atoms. The number of nitrogens with one attached hydrogen (secondary N) is 1. The average Bonchev–Trinajstić information content (AvgIpc) is 3.15. The van der Waals surface area contributed by atoms with Crippen LogP contribution in [0.4, 0.5) is 5.69 Å². The molecule has 1 saturated heterocycles. The number of thioether (sulfide) groups is 1. The molecular formula is C27H25ClN2O3S. The second kappa shape index (κ2) is 10.8. The molecule has 1 aliphatic heterocycles. The number of benzene rings is 3. The Morgan fingerprint density at radius 3 is 2.65 bits per heavy atom. The highest BCUT2D eigenvalue weighted by molar-refractivity contribution is 8.18. The summed E-state index contributed by atoms with van der Waals surface area (Å²) in [5.41, 5.74) is 4.71. The van der Waals surface area contributed by atoms with Crippen molar-refractivity contribution in [3.8, 4) is 11.5 Å². The SMILES string of the molecule is CCOc1cc(/C=C2/SC(=Nc3cccc(Cl)c3C)NC2=O)ccc1OCc1cccc(C)c1. The van der Waals surface area contributed by atoms with Gasteiger partial charge in [0.25, 0.3) is 5.91 Å². The molecule has 1 fully saturated rings. The Kier molecular flexibility index (Phi) is 7.60. The number of hydrogen-bond donors (Lipinski definition) is 1. The number of hydrogen-bond acceptors (Lipinski definition) is 5. The fourth-order valence-corrected chi connectivity index (χ4v) is 4.43. The predicted molar refractivity (Wildman–Crippen MR) is 140 cm³/mol. The van der Waals surface area contributed by atoms with Gasteiger partial charge in [-0.1, -0.05) is 53.6 Å². The van der Waals surface area contributed by atoms with Crippen molar-refractivity contribution in [2.24, 2.45) is 4.99 Å². The highest BCUT2D eigenvalue weighted by Crippen LogP contribution is 2.34. The Hall–Kier alpha value is -3.22. The summed E-state index contributed by atoms with van der Waals surface area (Å²) < 4.78 is 11.8. The summed E-state index contributed by atoms with van der Waals surface area (Å²) in [7, 11) is 0. The molecule has 34 heavy (non-hydrogen) atoms. The van der Waals surface area contributed by atoms with E-state index in [0.717, 1.165) is 22.4 Å². The first-order chi connectivity index (χ1) is 16.4. The third-order valence-corrected chi connectivity index (χ3v) is 6.47. The van der Waals surface area contributed by atoms with E-state index in [1.165, 1.54) is 17.3 Å². The van der Waals surface area contributed by atoms with Crippen molar-refractivity contribution in [1.82, 2.24) is 5.32 Å². The first kappa shape index (κ1) is 23.9. The highest BCUT2D eigenvalue weighted by atomic mass is 35.5. The van der Waals surface area contributed by atoms with Gasteiger partial charge in [-0.25, -0.2) is 4.99 Å². The molecule has 1 aliphatic rings. The van der Waals surface area contributed by atoms with Crippen LogP contribution in [-0.4, -0.2) is 17.7 Å². The van der Waals surface area contributed by atoms with Crippen molar-refractivity contribution >= 4 is 46.2 Å². The van der Waals surface area contributed by atoms with Crippen LogP contribution >= 0.6 is 23.4 Å². The first-order valence-electron chi connectivity index (χ1n) is 10.9. The molecule has 5 nitrogen and oxygen atoms in total. The van der Waals surface area contributed by atoms with E-state index in [4.69, 9.17) is 21.1 Å². The number of amides is 1. The minimum atomic E-state index is -0.193. The molecule has 0 atom stereocenters. The van der Waals surface area contributed by atoms with Gasteiger partial charge in [0, 0.05) is 5.02 Å². The van der Waals surface area contributed by atoms with E-state index >= 15 is 0 Å². The topological polar surface area (TPSA) is 59.9 Å². The van der Waals surface area contributed by atoms with Gasteiger partial charge in [-0.3, -0.25) is 4.79 Å². The van der Waals surface area contributed by atoms with Crippen LogP contribution in [0, 0.1) is 13.8 Å². The minimum absolute atomic E-state index is 0.193. The molecule has 0 aromatic heterocycles. The average molecular weight is 493 g/mol. The zero-order valence-electron chi connectivity index (χ0n) is 19.2. The second-order valence-electron chi connectivity index (χ2n) is 7.78. The van der Waals surface area contributed by atoms with Gasteiger partial charge in [-0.15, -0.1) is 0 Å². The Morgan fingerprint density at radius 1 is 1.03 bits per heavy atom. The quantitative estimate of drug-likeness (QED) is 0.367. The van der Waals surface area contributed by atoms with Gasteiger partial charge in [0.2, 0.25) is 0 Å². The summed E-state index contributed by atoms with van der Waals surface area (Å²) in [6.45, 7) is 6.84. The van der Waals surface area contributed by atoms with E-state index in [1.54, 1.807) is 0 Å². The maximum atomic E-state index is 12.5. The lowest BCUT2D eigenvalue weighted by atomic mass is 10.1. The molecule has 7 heteroatoms. The second-order valence-corrected chi connectivity index (χ2v) is 9.22. The van der Waals surface area contributed by atoms with Crippen LogP contribution in [-0.2, 0) is 11.4 Å². The van der Waals surface area contributed by atoms with Gasteiger partial charge in [-0.05, 0) is 79.6 Å². The van der Waals surface area contributed by atoms with Crippen LogP contribution in [0.1, 0.15) is 29.2 Å². The molecule has 4 rings (SSSR count). The van der Waals surface area contributed by atoms with Gasteiger partial charge in [0.1, 0.15) is 6.61 Å². The van der Waals surface area contributed by atoms with Gasteiger partial charge in [-0.2, -0.15) is 0 Å². The maximum Gasteiger partial charge on any atom is 0.264 e. The number of carbonyl (C=O) groups excluding carboxylic acids is 1. The standard InChI is InChI=1S/C27H25ClN2O3S/c1-4-32-24-14-19(11-12-23(24)33-16-20-8-5-7-17(2)13-20)15-25-26(31)30-27(34-25)29-22-10-6-9-21(28)18(22)3/h5-15H,4,16H2,1-3H3,(H,29,30,31)/b25-15+. The van der Waals surface area contributed by atoms with E-state index in [0.29, 0.717) is 39.8 Å². The summed E-state index contributed by atoms with van der Waals surface area (Å²) in [6, 6.07) is 19.4. The molecule has 0 radical (unpaired) electrons. The van der Waals surface area contributed by atoms with Crippen molar-refractivity contribution in [3.05, 3.63) is 92.8 Å². The van der Waals surface area contributed by atoms with E-state index in [2.05, 4.69) is 29.4 Å². The summed E-state index contributed by atoms with van der Waals surface area (Å²) in [5, 5.41) is 3.98. The van der Waals surface area contributed by atoms with Gasteiger partial charge in [0.05, 0.1) is 17.2 Å². The Balaban J connectivity index is 1.52. The number of ether oxygens (including phenoxy) is 2. The third-order valence-electron chi connectivity index (χ3n) is 5.15. The smallest absolute Gasteiger partial charge is 0.264 e. The molecule has 3 aromatic rings. The summed E-state index contributed by atoms with van der Waals surface area (Å²) in [4.78, 5) is 17.6. The highest BCUT2D eigenvalue weighted by Gasteiger charge is 2.24. The monoisotopic (exact) mass is 492 g/mol. The zero-order chi connectivity index (χ0) is 24.1. The van der Waals surface area contributed by atoms with Crippen LogP contribution in [0.5, 0.6) is 11.5 Å². The van der Waals surface area contributed by atoms with E-state index < -0.39 is 0 Å². The van der Waals surface area contributed by atoms with Crippen LogP contribution in [0.15, 0.2) is 70.6 Å². The lowest BCUT2D eigenvalue weighted by Crippen LogP contribution is -2.19. The molecule has 0 unspecified atom stereocenters. The molecule has 1 amide bonds. The summed E-state index contributed by atoms with van der Waals surface area (Å²) in [5.74, 6) is 1.10.